The predicted octanol–water partition coefficient (Wildman–Crippen LogP) is 3.17. The third-order valence-electron chi connectivity index (χ3n) is 4.18. The number of aromatic nitrogens is 3. The normalized spacial score (nSPS) is 22.0. The molecule has 4 rings (SSSR count). The Hall–Kier alpha value is -1.92. The van der Waals surface area contributed by atoms with Crippen LogP contribution < -0.4 is 5.32 Å². The maximum absolute atomic E-state index is 9.58. The van der Waals surface area contributed by atoms with Crippen LogP contribution in [-0.4, -0.2) is 31.9 Å². The lowest BCUT2D eigenvalue weighted by atomic mass is 9.93. The van der Waals surface area contributed by atoms with Crippen LogP contribution in [0, 0.1) is 0 Å². The van der Waals surface area contributed by atoms with Crippen LogP contribution in [0.25, 0.3) is 16.2 Å². The molecule has 114 valence electrons. The van der Waals surface area contributed by atoms with Crippen molar-refractivity contribution in [2.24, 2.45) is 0 Å². The van der Waals surface area contributed by atoms with Gasteiger partial charge in [-0.3, -0.25) is 0 Å². The van der Waals surface area contributed by atoms with Crippen molar-refractivity contribution in [3.05, 3.63) is 36.5 Å². The summed E-state index contributed by atoms with van der Waals surface area (Å²) in [5.74, 6) is 0. The van der Waals surface area contributed by atoms with Gasteiger partial charge in [0.25, 0.3) is 0 Å². The topological polar surface area (TPSA) is 62.5 Å². The second-order valence-corrected chi connectivity index (χ2v) is 6.72. The Morgan fingerprint density at radius 3 is 2.68 bits per heavy atom. The largest absolute Gasteiger partial charge is 0.393 e. The fraction of sp³-hybridized carbons (Fsp3) is 0.375. The van der Waals surface area contributed by atoms with Gasteiger partial charge in [-0.1, -0.05) is 41.7 Å². The SMILES string of the molecule is OC1CCC(Nc2nn3c(-c4ccccc4)cnc3s2)CC1. The number of fused-ring (bicyclic) bond motifs is 1. The number of hydrogen-bond donors (Lipinski definition) is 2. The number of aliphatic hydroxyl groups is 1. The first-order valence-electron chi connectivity index (χ1n) is 7.64. The highest BCUT2D eigenvalue weighted by molar-refractivity contribution is 7.20. The summed E-state index contributed by atoms with van der Waals surface area (Å²) in [5, 5.41) is 18.6. The van der Waals surface area contributed by atoms with Crippen LogP contribution >= 0.6 is 11.3 Å². The number of anilines is 1. The van der Waals surface area contributed by atoms with Gasteiger partial charge in [-0.05, 0) is 25.7 Å². The van der Waals surface area contributed by atoms with Crippen molar-refractivity contribution in [3.63, 3.8) is 0 Å². The molecule has 1 aliphatic carbocycles. The van der Waals surface area contributed by atoms with Gasteiger partial charge in [-0.25, -0.2) is 9.50 Å². The van der Waals surface area contributed by atoms with Gasteiger partial charge in [0.15, 0.2) is 0 Å². The predicted molar refractivity (Wildman–Crippen MR) is 88.2 cm³/mol. The van der Waals surface area contributed by atoms with Gasteiger partial charge in [-0.2, -0.15) is 0 Å². The third-order valence-corrected chi connectivity index (χ3v) is 5.03. The van der Waals surface area contributed by atoms with Crippen molar-refractivity contribution >= 4 is 21.4 Å². The quantitative estimate of drug-likeness (QED) is 0.779. The molecule has 0 bridgehead atoms. The molecule has 0 radical (unpaired) electrons. The minimum Gasteiger partial charge on any atom is -0.393 e. The summed E-state index contributed by atoms with van der Waals surface area (Å²) in [6.45, 7) is 0. The zero-order chi connectivity index (χ0) is 14.9. The number of aliphatic hydroxyl groups excluding tert-OH is 1. The van der Waals surface area contributed by atoms with E-state index >= 15 is 0 Å². The average molecular weight is 314 g/mol. The molecular weight excluding hydrogens is 296 g/mol. The third kappa shape index (κ3) is 2.60. The minimum absolute atomic E-state index is 0.128. The smallest absolute Gasteiger partial charge is 0.214 e. The van der Waals surface area contributed by atoms with E-state index in [1.165, 1.54) is 0 Å². The van der Waals surface area contributed by atoms with E-state index in [0.29, 0.717) is 6.04 Å². The number of imidazole rings is 1. The van der Waals surface area contributed by atoms with E-state index < -0.39 is 0 Å². The molecule has 1 aliphatic rings. The Bertz CT molecular complexity index is 759. The summed E-state index contributed by atoms with van der Waals surface area (Å²) in [6.07, 6.45) is 5.47. The Balaban J connectivity index is 1.58. The van der Waals surface area contributed by atoms with E-state index in [1.807, 2.05) is 28.9 Å². The van der Waals surface area contributed by atoms with Gasteiger partial charge < -0.3 is 10.4 Å². The van der Waals surface area contributed by atoms with E-state index in [4.69, 9.17) is 0 Å². The van der Waals surface area contributed by atoms with E-state index in [0.717, 1.165) is 47.0 Å². The van der Waals surface area contributed by atoms with Gasteiger partial charge in [0.05, 0.1) is 18.0 Å². The van der Waals surface area contributed by atoms with Gasteiger partial charge in [0.1, 0.15) is 0 Å². The first-order chi connectivity index (χ1) is 10.8. The van der Waals surface area contributed by atoms with Crippen LogP contribution in [-0.2, 0) is 0 Å². The number of benzene rings is 1. The first-order valence-corrected chi connectivity index (χ1v) is 8.46. The monoisotopic (exact) mass is 314 g/mol. The Labute approximate surface area is 132 Å². The molecule has 1 saturated carbocycles. The minimum atomic E-state index is -0.128. The second-order valence-electron chi connectivity index (χ2n) is 5.76. The molecular formula is C16H18N4OS. The van der Waals surface area contributed by atoms with E-state index in [1.54, 1.807) is 11.3 Å². The molecule has 0 spiro atoms. The summed E-state index contributed by atoms with van der Waals surface area (Å²) in [5.41, 5.74) is 2.13. The molecule has 2 aromatic heterocycles. The highest BCUT2D eigenvalue weighted by Gasteiger charge is 2.20. The first kappa shape index (κ1) is 13.7. The van der Waals surface area contributed by atoms with Crippen molar-refractivity contribution < 1.29 is 5.11 Å². The number of rotatable bonds is 3. The molecule has 1 aromatic carbocycles. The van der Waals surface area contributed by atoms with Crippen LogP contribution in [0.5, 0.6) is 0 Å². The highest BCUT2D eigenvalue weighted by atomic mass is 32.1. The molecule has 0 amide bonds. The molecule has 1 fully saturated rings. The molecule has 2 heterocycles. The van der Waals surface area contributed by atoms with Crippen LogP contribution in [0.2, 0.25) is 0 Å². The molecule has 0 atom stereocenters. The second kappa shape index (κ2) is 5.70. The van der Waals surface area contributed by atoms with Gasteiger partial charge in [0.2, 0.25) is 10.1 Å². The van der Waals surface area contributed by atoms with Crippen LogP contribution in [0.15, 0.2) is 36.5 Å². The maximum Gasteiger partial charge on any atom is 0.214 e. The van der Waals surface area contributed by atoms with Crippen molar-refractivity contribution in [1.29, 1.82) is 0 Å². The van der Waals surface area contributed by atoms with Crippen LogP contribution in [0.1, 0.15) is 25.7 Å². The Kier molecular flexibility index (Phi) is 3.56. The fourth-order valence-corrected chi connectivity index (χ4v) is 3.80. The Morgan fingerprint density at radius 2 is 1.91 bits per heavy atom. The lowest BCUT2D eigenvalue weighted by molar-refractivity contribution is 0.126. The van der Waals surface area contributed by atoms with Crippen molar-refractivity contribution in [3.8, 4) is 11.3 Å². The number of hydrogen-bond acceptors (Lipinski definition) is 5. The van der Waals surface area contributed by atoms with Crippen molar-refractivity contribution in [1.82, 2.24) is 14.6 Å². The number of nitrogens with zero attached hydrogens (tertiary/aromatic N) is 3. The van der Waals surface area contributed by atoms with Crippen molar-refractivity contribution in [2.75, 3.05) is 5.32 Å². The zero-order valence-electron chi connectivity index (χ0n) is 12.1. The van der Waals surface area contributed by atoms with Gasteiger partial charge >= 0.3 is 0 Å². The summed E-state index contributed by atoms with van der Waals surface area (Å²) >= 11 is 1.57. The van der Waals surface area contributed by atoms with Crippen LogP contribution in [0.3, 0.4) is 0 Å². The summed E-state index contributed by atoms with van der Waals surface area (Å²) in [4.78, 5) is 5.36. The zero-order valence-corrected chi connectivity index (χ0v) is 13.0. The molecule has 0 aliphatic heterocycles. The van der Waals surface area contributed by atoms with Crippen molar-refractivity contribution in [2.45, 2.75) is 37.8 Å². The highest BCUT2D eigenvalue weighted by Crippen LogP contribution is 2.28. The summed E-state index contributed by atoms with van der Waals surface area (Å²) in [6, 6.07) is 10.6. The molecule has 3 aromatic rings. The molecule has 5 nitrogen and oxygen atoms in total. The molecule has 0 unspecified atom stereocenters. The van der Waals surface area contributed by atoms with E-state index in [-0.39, 0.29) is 6.10 Å². The summed E-state index contributed by atoms with van der Waals surface area (Å²) in [7, 11) is 0. The van der Waals surface area contributed by atoms with Gasteiger partial charge in [-0.15, -0.1) is 5.10 Å². The van der Waals surface area contributed by atoms with E-state index in [9.17, 15) is 5.11 Å². The molecule has 2 N–H and O–H groups in total. The maximum atomic E-state index is 9.58. The number of nitrogens with one attached hydrogen (secondary N) is 1. The standard InChI is InChI=1S/C16H18N4OS/c21-13-8-6-12(7-9-13)18-15-19-20-14(10-17-16(20)22-15)11-4-2-1-3-5-11/h1-5,10,12-13,21H,6-9H2,(H,18,19). The molecule has 6 heteroatoms. The average Bonchev–Trinajstić information content (AvgIpc) is 3.10. The van der Waals surface area contributed by atoms with Gasteiger partial charge in [0, 0.05) is 11.6 Å². The Morgan fingerprint density at radius 1 is 1.14 bits per heavy atom. The lowest BCUT2D eigenvalue weighted by Gasteiger charge is -2.25. The van der Waals surface area contributed by atoms with E-state index in [2.05, 4.69) is 27.5 Å². The molecule has 0 saturated heterocycles. The molecule has 22 heavy (non-hydrogen) atoms. The lowest BCUT2D eigenvalue weighted by Crippen LogP contribution is -2.28. The fourth-order valence-electron chi connectivity index (χ4n) is 2.95. The summed E-state index contributed by atoms with van der Waals surface area (Å²) < 4.78 is 1.90. The van der Waals surface area contributed by atoms with Crippen LogP contribution in [0.4, 0.5) is 5.13 Å².